The van der Waals surface area contributed by atoms with Crippen molar-refractivity contribution in [1.82, 2.24) is 25.4 Å². The third-order valence-electron chi connectivity index (χ3n) is 1.29. The Hall–Kier alpha value is -1.52. The van der Waals surface area contributed by atoms with Crippen molar-refractivity contribution in [2.75, 3.05) is 0 Å². The van der Waals surface area contributed by atoms with E-state index in [0.29, 0.717) is 5.65 Å². The summed E-state index contributed by atoms with van der Waals surface area (Å²) in [4.78, 5) is 3.97. The van der Waals surface area contributed by atoms with Crippen LogP contribution in [-0.2, 0) is 0 Å². The Morgan fingerprint density at radius 3 is 3.20 bits per heavy atom. The molecular formula is C5H5N5. The Kier molecular flexibility index (Phi) is 0.913. The molecule has 2 aromatic heterocycles. The Bertz CT molecular complexity index is 352. The lowest BCUT2D eigenvalue weighted by Crippen LogP contribution is -1.83. The third-order valence-corrected chi connectivity index (χ3v) is 1.29. The van der Waals surface area contributed by atoms with Crippen LogP contribution < -0.4 is 0 Å². The van der Waals surface area contributed by atoms with E-state index < -0.39 is 0 Å². The fraction of sp³-hybridized carbons (Fsp3) is 0.200. The van der Waals surface area contributed by atoms with E-state index in [4.69, 9.17) is 0 Å². The second kappa shape index (κ2) is 1.73. The van der Waals surface area contributed by atoms with Crippen molar-refractivity contribution in [3.05, 3.63) is 12.0 Å². The molecule has 10 heavy (non-hydrogen) atoms. The number of H-pyrrole nitrogens is 1. The van der Waals surface area contributed by atoms with Crippen LogP contribution in [0.25, 0.3) is 11.2 Å². The highest BCUT2D eigenvalue weighted by atomic mass is 15.2. The van der Waals surface area contributed by atoms with Crippen molar-refractivity contribution in [2.24, 2.45) is 0 Å². The maximum absolute atomic E-state index is 3.97. The predicted molar refractivity (Wildman–Crippen MR) is 34.2 cm³/mol. The Labute approximate surface area is 56.5 Å². The first-order valence-electron chi connectivity index (χ1n) is 2.86. The van der Waals surface area contributed by atoms with Gasteiger partial charge in [0.05, 0.1) is 5.69 Å². The van der Waals surface area contributed by atoms with Crippen LogP contribution in [0.3, 0.4) is 0 Å². The van der Waals surface area contributed by atoms with E-state index in [1.165, 1.54) is 6.33 Å². The molecule has 2 aromatic rings. The number of rotatable bonds is 0. The van der Waals surface area contributed by atoms with Crippen LogP contribution >= 0.6 is 0 Å². The number of aromatic amines is 1. The number of hydrogen-bond donors (Lipinski definition) is 1. The van der Waals surface area contributed by atoms with Gasteiger partial charge in [-0.2, -0.15) is 5.10 Å². The summed E-state index contributed by atoms with van der Waals surface area (Å²) < 4.78 is 0. The summed E-state index contributed by atoms with van der Waals surface area (Å²) in [5, 5.41) is 14.0. The third kappa shape index (κ3) is 0.570. The quantitative estimate of drug-likeness (QED) is 0.554. The van der Waals surface area contributed by atoms with Gasteiger partial charge in [-0.3, -0.25) is 5.10 Å². The van der Waals surface area contributed by atoms with Gasteiger partial charge in [0.2, 0.25) is 0 Å². The Balaban J connectivity index is 2.93. The highest BCUT2D eigenvalue weighted by molar-refractivity contribution is 5.70. The van der Waals surface area contributed by atoms with Gasteiger partial charge in [-0.25, -0.2) is 4.98 Å². The van der Waals surface area contributed by atoms with Crippen molar-refractivity contribution >= 4 is 11.2 Å². The van der Waals surface area contributed by atoms with Crippen LogP contribution in [0.5, 0.6) is 0 Å². The van der Waals surface area contributed by atoms with Gasteiger partial charge in [-0.15, -0.1) is 10.2 Å². The topological polar surface area (TPSA) is 67.3 Å². The van der Waals surface area contributed by atoms with E-state index >= 15 is 0 Å². The standard InChI is InChI=1S/C5H5N5/c1-3-4-5(10-8-3)9-7-2-6-4/h2H,1H3,(H,8,9,10). The lowest BCUT2D eigenvalue weighted by molar-refractivity contribution is 0.990. The monoisotopic (exact) mass is 135 g/mol. The van der Waals surface area contributed by atoms with Gasteiger partial charge in [-0.05, 0) is 6.92 Å². The number of hydrogen-bond acceptors (Lipinski definition) is 4. The average Bonchev–Trinajstić information content (AvgIpc) is 2.34. The number of nitrogens with zero attached hydrogens (tertiary/aromatic N) is 4. The van der Waals surface area contributed by atoms with Gasteiger partial charge in [-0.1, -0.05) is 0 Å². The molecule has 0 aliphatic rings. The van der Waals surface area contributed by atoms with E-state index in [0.717, 1.165) is 11.2 Å². The molecule has 50 valence electrons. The van der Waals surface area contributed by atoms with Crippen molar-refractivity contribution in [3.63, 3.8) is 0 Å². The number of nitrogens with one attached hydrogen (secondary N) is 1. The van der Waals surface area contributed by atoms with E-state index in [-0.39, 0.29) is 0 Å². The summed E-state index contributed by atoms with van der Waals surface area (Å²) in [7, 11) is 0. The van der Waals surface area contributed by atoms with Gasteiger partial charge in [0.15, 0.2) is 5.65 Å². The van der Waals surface area contributed by atoms with Gasteiger partial charge < -0.3 is 0 Å². The second-order valence-electron chi connectivity index (χ2n) is 1.97. The lowest BCUT2D eigenvalue weighted by Gasteiger charge is -1.81. The normalized spacial score (nSPS) is 10.5. The molecule has 0 aliphatic carbocycles. The molecule has 0 amide bonds. The molecule has 0 radical (unpaired) electrons. The van der Waals surface area contributed by atoms with Gasteiger partial charge in [0, 0.05) is 0 Å². The molecule has 0 aliphatic heterocycles. The largest absolute Gasteiger partial charge is 0.258 e. The summed E-state index contributed by atoms with van der Waals surface area (Å²) in [6.07, 6.45) is 1.41. The summed E-state index contributed by atoms with van der Waals surface area (Å²) in [5.74, 6) is 0. The molecule has 0 aromatic carbocycles. The number of fused-ring (bicyclic) bond motifs is 1. The zero-order valence-electron chi connectivity index (χ0n) is 5.37. The maximum Gasteiger partial charge on any atom is 0.196 e. The zero-order chi connectivity index (χ0) is 6.97. The van der Waals surface area contributed by atoms with Crippen LogP contribution in [0.4, 0.5) is 0 Å². The van der Waals surface area contributed by atoms with E-state index in [1.54, 1.807) is 0 Å². The Morgan fingerprint density at radius 2 is 2.40 bits per heavy atom. The fourth-order valence-corrected chi connectivity index (χ4v) is 0.805. The molecule has 0 atom stereocenters. The van der Waals surface area contributed by atoms with E-state index in [9.17, 15) is 0 Å². The van der Waals surface area contributed by atoms with Crippen LogP contribution in [0.2, 0.25) is 0 Å². The first-order valence-corrected chi connectivity index (χ1v) is 2.86. The molecule has 0 saturated carbocycles. The average molecular weight is 135 g/mol. The van der Waals surface area contributed by atoms with Crippen molar-refractivity contribution in [1.29, 1.82) is 0 Å². The minimum atomic E-state index is 0.639. The lowest BCUT2D eigenvalue weighted by atomic mass is 10.4. The van der Waals surface area contributed by atoms with Crippen LogP contribution in [0, 0.1) is 6.92 Å². The molecule has 0 bridgehead atoms. The van der Waals surface area contributed by atoms with Crippen molar-refractivity contribution in [3.8, 4) is 0 Å². The SMILES string of the molecule is Cc1n[nH]c2nncnc12. The molecular weight excluding hydrogens is 130 g/mol. The van der Waals surface area contributed by atoms with Crippen LogP contribution in [-0.4, -0.2) is 25.4 Å². The van der Waals surface area contributed by atoms with Crippen molar-refractivity contribution < 1.29 is 0 Å². The summed E-state index contributed by atoms with van der Waals surface area (Å²) in [5.41, 5.74) is 2.28. The summed E-state index contributed by atoms with van der Waals surface area (Å²) in [6, 6.07) is 0. The van der Waals surface area contributed by atoms with Gasteiger partial charge in [0.25, 0.3) is 0 Å². The zero-order valence-corrected chi connectivity index (χ0v) is 5.37. The first-order chi connectivity index (χ1) is 4.88. The second-order valence-corrected chi connectivity index (χ2v) is 1.97. The minimum absolute atomic E-state index is 0.639. The molecule has 0 fully saturated rings. The summed E-state index contributed by atoms with van der Waals surface area (Å²) in [6.45, 7) is 1.87. The molecule has 0 unspecified atom stereocenters. The van der Waals surface area contributed by atoms with E-state index in [1.807, 2.05) is 6.92 Å². The van der Waals surface area contributed by atoms with Gasteiger partial charge >= 0.3 is 0 Å². The highest BCUT2D eigenvalue weighted by Gasteiger charge is 2.00. The molecule has 2 rings (SSSR count). The van der Waals surface area contributed by atoms with Crippen LogP contribution in [0.1, 0.15) is 5.69 Å². The van der Waals surface area contributed by atoms with Gasteiger partial charge in [0.1, 0.15) is 11.8 Å². The maximum atomic E-state index is 3.97. The fourth-order valence-electron chi connectivity index (χ4n) is 0.805. The number of aromatic nitrogens is 5. The molecule has 0 saturated heterocycles. The van der Waals surface area contributed by atoms with E-state index in [2.05, 4.69) is 25.4 Å². The van der Waals surface area contributed by atoms with Crippen LogP contribution in [0.15, 0.2) is 6.33 Å². The van der Waals surface area contributed by atoms with Crippen molar-refractivity contribution in [2.45, 2.75) is 6.92 Å². The molecule has 2 heterocycles. The molecule has 5 heteroatoms. The molecule has 1 N–H and O–H groups in total. The molecule has 5 nitrogen and oxygen atoms in total. The first kappa shape index (κ1) is 5.28. The smallest absolute Gasteiger partial charge is 0.196 e. The Morgan fingerprint density at radius 1 is 1.50 bits per heavy atom. The summed E-state index contributed by atoms with van der Waals surface area (Å²) >= 11 is 0. The highest BCUT2D eigenvalue weighted by Crippen LogP contribution is 2.05. The predicted octanol–water partition coefficient (Wildman–Crippen LogP) is 0.0563. The minimum Gasteiger partial charge on any atom is -0.258 e. The number of aryl methyl sites for hydroxylation is 1. The molecule has 0 spiro atoms.